The first-order chi connectivity index (χ1) is 13.9. The molecule has 3 rings (SSSR count). The van der Waals surface area contributed by atoms with Gasteiger partial charge in [-0.1, -0.05) is 18.2 Å². The van der Waals surface area contributed by atoms with Crippen LogP contribution < -0.4 is 15.4 Å². The van der Waals surface area contributed by atoms with Crippen LogP contribution in [0, 0.1) is 6.92 Å². The quantitative estimate of drug-likeness (QED) is 0.641. The average Bonchev–Trinajstić information content (AvgIpc) is 2.71. The normalized spacial score (nSPS) is 10.5. The van der Waals surface area contributed by atoms with Gasteiger partial charge in [-0.05, 0) is 68.8 Å². The van der Waals surface area contributed by atoms with Gasteiger partial charge in [-0.15, -0.1) is 0 Å². The van der Waals surface area contributed by atoms with Crippen molar-refractivity contribution in [3.8, 4) is 5.75 Å². The Morgan fingerprint density at radius 3 is 2.34 bits per heavy atom. The van der Waals surface area contributed by atoms with Gasteiger partial charge in [0.15, 0.2) is 0 Å². The summed E-state index contributed by atoms with van der Waals surface area (Å²) in [6.45, 7) is 5.81. The van der Waals surface area contributed by atoms with E-state index in [0.29, 0.717) is 11.3 Å². The summed E-state index contributed by atoms with van der Waals surface area (Å²) >= 11 is 0. The van der Waals surface area contributed by atoms with Crippen molar-refractivity contribution in [2.75, 3.05) is 10.6 Å². The van der Waals surface area contributed by atoms with Gasteiger partial charge in [0.1, 0.15) is 11.4 Å². The highest BCUT2D eigenvalue weighted by atomic mass is 16.5. The molecule has 0 bridgehead atoms. The molecule has 0 aliphatic rings. The van der Waals surface area contributed by atoms with Crippen molar-refractivity contribution >= 4 is 23.2 Å². The SMILES string of the molecule is Cc1ccccc1NC(=O)c1ccnc(C(=O)Nc2ccc(OC(C)C)cc2)c1. The van der Waals surface area contributed by atoms with Crippen LogP contribution >= 0.6 is 0 Å². The third kappa shape index (κ3) is 5.42. The van der Waals surface area contributed by atoms with Gasteiger partial charge in [-0.3, -0.25) is 14.6 Å². The molecule has 0 unspecified atom stereocenters. The molecule has 0 radical (unpaired) electrons. The number of nitrogens with one attached hydrogen (secondary N) is 2. The summed E-state index contributed by atoms with van der Waals surface area (Å²) < 4.78 is 5.59. The third-order valence-corrected chi connectivity index (χ3v) is 4.13. The Morgan fingerprint density at radius 2 is 1.66 bits per heavy atom. The van der Waals surface area contributed by atoms with E-state index in [1.807, 2.05) is 45.0 Å². The molecule has 2 amide bonds. The molecule has 2 N–H and O–H groups in total. The fourth-order valence-corrected chi connectivity index (χ4v) is 2.69. The van der Waals surface area contributed by atoms with Crippen molar-refractivity contribution in [2.24, 2.45) is 0 Å². The number of hydrogen-bond acceptors (Lipinski definition) is 4. The first-order valence-corrected chi connectivity index (χ1v) is 9.33. The van der Waals surface area contributed by atoms with Gasteiger partial charge in [0.25, 0.3) is 11.8 Å². The van der Waals surface area contributed by atoms with Crippen LogP contribution in [0.15, 0.2) is 66.9 Å². The van der Waals surface area contributed by atoms with Gasteiger partial charge < -0.3 is 15.4 Å². The summed E-state index contributed by atoms with van der Waals surface area (Å²) in [7, 11) is 0. The van der Waals surface area contributed by atoms with Crippen molar-refractivity contribution < 1.29 is 14.3 Å². The molecule has 0 spiro atoms. The number of aromatic nitrogens is 1. The topological polar surface area (TPSA) is 80.3 Å². The second-order valence-corrected chi connectivity index (χ2v) is 6.84. The van der Waals surface area contributed by atoms with E-state index in [9.17, 15) is 9.59 Å². The Balaban J connectivity index is 1.69. The second-order valence-electron chi connectivity index (χ2n) is 6.84. The van der Waals surface area contributed by atoms with E-state index in [2.05, 4.69) is 15.6 Å². The molecule has 3 aromatic rings. The predicted molar refractivity (Wildman–Crippen MR) is 114 cm³/mol. The highest BCUT2D eigenvalue weighted by Crippen LogP contribution is 2.18. The van der Waals surface area contributed by atoms with Gasteiger partial charge in [0.05, 0.1) is 6.10 Å². The average molecular weight is 389 g/mol. The molecular formula is C23H23N3O3. The maximum absolute atomic E-state index is 12.5. The van der Waals surface area contributed by atoms with Crippen LogP contribution in [0.5, 0.6) is 5.75 Å². The number of pyridine rings is 1. The zero-order valence-corrected chi connectivity index (χ0v) is 16.6. The Hall–Kier alpha value is -3.67. The van der Waals surface area contributed by atoms with Crippen LogP contribution in [0.25, 0.3) is 0 Å². The van der Waals surface area contributed by atoms with Crippen LogP contribution in [-0.2, 0) is 0 Å². The van der Waals surface area contributed by atoms with E-state index in [4.69, 9.17) is 4.74 Å². The van der Waals surface area contributed by atoms with Gasteiger partial charge in [0, 0.05) is 23.1 Å². The first-order valence-electron chi connectivity index (χ1n) is 9.33. The fourth-order valence-electron chi connectivity index (χ4n) is 2.69. The predicted octanol–water partition coefficient (Wildman–Crippen LogP) is 4.68. The zero-order chi connectivity index (χ0) is 20.8. The minimum atomic E-state index is -0.395. The summed E-state index contributed by atoms with van der Waals surface area (Å²) in [4.78, 5) is 29.2. The number of rotatable bonds is 6. The van der Waals surface area contributed by atoms with Crippen molar-refractivity contribution in [3.63, 3.8) is 0 Å². The Kier molecular flexibility index (Phi) is 6.24. The Labute approximate surface area is 169 Å². The molecule has 1 aromatic heterocycles. The lowest BCUT2D eigenvalue weighted by Gasteiger charge is -2.11. The van der Waals surface area contributed by atoms with Gasteiger partial charge in [-0.2, -0.15) is 0 Å². The lowest BCUT2D eigenvalue weighted by atomic mass is 10.1. The number of aryl methyl sites for hydroxylation is 1. The molecule has 0 atom stereocenters. The molecule has 6 nitrogen and oxygen atoms in total. The van der Waals surface area contributed by atoms with Crippen molar-refractivity contribution in [1.82, 2.24) is 4.98 Å². The maximum Gasteiger partial charge on any atom is 0.274 e. The van der Waals surface area contributed by atoms with E-state index in [1.54, 1.807) is 30.3 Å². The number of benzene rings is 2. The lowest BCUT2D eigenvalue weighted by Crippen LogP contribution is -2.17. The standard InChI is InChI=1S/C23H23N3O3/c1-15(2)29-19-10-8-18(9-11-19)25-23(28)21-14-17(12-13-24-21)22(27)26-20-7-5-4-6-16(20)3/h4-15H,1-3H3,(H,25,28)(H,26,27). The molecule has 0 fully saturated rings. The smallest absolute Gasteiger partial charge is 0.274 e. The van der Waals surface area contributed by atoms with Crippen LogP contribution in [0.2, 0.25) is 0 Å². The van der Waals surface area contributed by atoms with E-state index < -0.39 is 5.91 Å². The highest BCUT2D eigenvalue weighted by Gasteiger charge is 2.13. The van der Waals surface area contributed by atoms with E-state index in [1.165, 1.54) is 12.3 Å². The minimum absolute atomic E-state index is 0.0770. The van der Waals surface area contributed by atoms with Gasteiger partial charge in [-0.25, -0.2) is 0 Å². The number of hydrogen-bond donors (Lipinski definition) is 2. The minimum Gasteiger partial charge on any atom is -0.491 e. The largest absolute Gasteiger partial charge is 0.491 e. The number of ether oxygens (including phenoxy) is 1. The first kappa shape index (κ1) is 20.1. The van der Waals surface area contributed by atoms with Gasteiger partial charge >= 0.3 is 0 Å². The molecule has 29 heavy (non-hydrogen) atoms. The lowest BCUT2D eigenvalue weighted by molar-refractivity contribution is 0.102. The third-order valence-electron chi connectivity index (χ3n) is 4.13. The molecule has 1 heterocycles. The Morgan fingerprint density at radius 1 is 0.931 bits per heavy atom. The van der Waals surface area contributed by atoms with Crippen molar-refractivity contribution in [1.29, 1.82) is 0 Å². The summed E-state index contributed by atoms with van der Waals surface area (Å²) in [6.07, 6.45) is 1.52. The summed E-state index contributed by atoms with van der Waals surface area (Å²) in [6, 6.07) is 17.6. The second kappa shape index (κ2) is 9.01. The van der Waals surface area contributed by atoms with E-state index in [0.717, 1.165) is 17.0 Å². The van der Waals surface area contributed by atoms with Crippen LogP contribution in [0.1, 0.15) is 40.3 Å². The van der Waals surface area contributed by atoms with Crippen molar-refractivity contribution in [3.05, 3.63) is 83.7 Å². The zero-order valence-electron chi connectivity index (χ0n) is 16.6. The van der Waals surface area contributed by atoms with E-state index >= 15 is 0 Å². The molecule has 0 saturated heterocycles. The molecule has 0 aliphatic heterocycles. The Bertz CT molecular complexity index is 1010. The van der Waals surface area contributed by atoms with Crippen LogP contribution in [0.4, 0.5) is 11.4 Å². The number of carbonyl (C=O) groups excluding carboxylic acids is 2. The monoisotopic (exact) mass is 389 g/mol. The fraction of sp³-hybridized carbons (Fsp3) is 0.174. The molecule has 6 heteroatoms. The van der Waals surface area contributed by atoms with Gasteiger partial charge in [0.2, 0.25) is 0 Å². The molecule has 0 saturated carbocycles. The molecule has 148 valence electrons. The van der Waals surface area contributed by atoms with E-state index in [-0.39, 0.29) is 17.7 Å². The summed E-state index contributed by atoms with van der Waals surface area (Å²) in [5.41, 5.74) is 2.81. The molecule has 2 aromatic carbocycles. The molecule has 0 aliphatic carbocycles. The maximum atomic E-state index is 12.5. The van der Waals surface area contributed by atoms with Crippen LogP contribution in [0.3, 0.4) is 0 Å². The number of anilines is 2. The highest BCUT2D eigenvalue weighted by molar-refractivity contribution is 6.08. The number of para-hydroxylation sites is 1. The molecular weight excluding hydrogens is 366 g/mol. The summed E-state index contributed by atoms with van der Waals surface area (Å²) in [5.74, 6) is 0.0324. The van der Waals surface area contributed by atoms with Crippen LogP contribution in [-0.4, -0.2) is 22.9 Å². The summed E-state index contributed by atoms with van der Waals surface area (Å²) in [5, 5.41) is 5.63. The number of carbonyl (C=O) groups is 2. The number of nitrogens with zero attached hydrogens (tertiary/aromatic N) is 1. The number of amides is 2. The van der Waals surface area contributed by atoms with Crippen molar-refractivity contribution in [2.45, 2.75) is 26.9 Å².